The van der Waals surface area contributed by atoms with Gasteiger partial charge in [-0.1, -0.05) is 12.1 Å². The van der Waals surface area contributed by atoms with Gasteiger partial charge < -0.3 is 28.6 Å². The maximum Gasteiger partial charge on any atom is 0.494 e. The van der Waals surface area contributed by atoms with Crippen molar-refractivity contribution in [1.82, 2.24) is 9.80 Å². The van der Waals surface area contributed by atoms with Crippen LogP contribution in [0, 0.1) is 0 Å². The van der Waals surface area contributed by atoms with Crippen molar-refractivity contribution in [1.29, 1.82) is 0 Å². The Hall–Kier alpha value is -2.26. The minimum Gasteiger partial charge on any atom is -0.496 e. The fraction of sp³-hybridized carbons (Fsp3) is 0.680. The molecular formula is C25H39BN2O6. The second kappa shape index (κ2) is 9.42. The van der Waals surface area contributed by atoms with Gasteiger partial charge in [0.1, 0.15) is 11.4 Å². The third-order valence-corrected chi connectivity index (χ3v) is 6.77. The molecule has 0 aromatic heterocycles. The largest absolute Gasteiger partial charge is 0.496 e. The summed E-state index contributed by atoms with van der Waals surface area (Å²) in [6.07, 6.45) is -0.156. The first-order chi connectivity index (χ1) is 15.6. The van der Waals surface area contributed by atoms with Gasteiger partial charge in [-0.2, -0.15) is 0 Å². The van der Waals surface area contributed by atoms with E-state index < -0.39 is 23.9 Å². The summed E-state index contributed by atoms with van der Waals surface area (Å²) in [5.41, 5.74) is 0.186. The molecule has 0 radical (unpaired) electrons. The topological polar surface area (TPSA) is 77.5 Å². The molecule has 9 heteroatoms. The number of amides is 2. The van der Waals surface area contributed by atoms with Gasteiger partial charge in [-0.05, 0) is 66.9 Å². The lowest BCUT2D eigenvalue weighted by atomic mass is 9.78. The van der Waals surface area contributed by atoms with E-state index in [-0.39, 0.29) is 24.5 Å². The third-order valence-electron chi connectivity index (χ3n) is 6.77. The summed E-state index contributed by atoms with van der Waals surface area (Å²) in [7, 11) is 1.08. The summed E-state index contributed by atoms with van der Waals surface area (Å²) in [6, 6.07) is 5.58. The molecule has 34 heavy (non-hydrogen) atoms. The fourth-order valence-electron chi connectivity index (χ4n) is 4.15. The number of carbonyl (C=O) groups excluding carboxylic acids is 2. The van der Waals surface area contributed by atoms with E-state index in [1.165, 1.54) is 0 Å². The number of methoxy groups -OCH3 is 1. The first-order valence-corrected chi connectivity index (χ1v) is 11.9. The molecule has 188 valence electrons. The predicted molar refractivity (Wildman–Crippen MR) is 131 cm³/mol. The molecular weight excluding hydrogens is 435 g/mol. The standard InChI is InChI=1S/C25H39BN2O6/c1-17-16-27(22(30)32-23(2,3)4)12-13-28(17)21(29)15-18-14-19(10-11-20(18)31-9)26-33-24(5,6)25(7,8)34-26/h10-11,14,17H,12-13,15-16H2,1-9H3/t17-/m0/s1. The van der Waals surface area contributed by atoms with E-state index in [0.29, 0.717) is 25.4 Å². The monoisotopic (exact) mass is 474 g/mol. The Kier molecular flexibility index (Phi) is 7.30. The molecule has 0 spiro atoms. The average Bonchev–Trinajstić information content (AvgIpc) is 2.93. The van der Waals surface area contributed by atoms with Crippen LogP contribution in [0.4, 0.5) is 4.79 Å². The minimum atomic E-state index is -0.550. The number of carbonyl (C=O) groups is 2. The zero-order chi connectivity index (χ0) is 25.5. The van der Waals surface area contributed by atoms with Crippen molar-refractivity contribution >= 4 is 24.6 Å². The molecule has 2 saturated heterocycles. The lowest BCUT2D eigenvalue weighted by Gasteiger charge is -2.40. The summed E-state index contributed by atoms with van der Waals surface area (Å²) in [4.78, 5) is 29.2. The van der Waals surface area contributed by atoms with Gasteiger partial charge in [0.05, 0.1) is 24.7 Å². The summed E-state index contributed by atoms with van der Waals surface area (Å²) in [5.74, 6) is 0.634. The maximum atomic E-state index is 13.3. The Bertz CT molecular complexity index is 910. The van der Waals surface area contributed by atoms with Crippen LogP contribution in [0.2, 0.25) is 0 Å². The Labute approximate surface area is 204 Å². The molecule has 0 saturated carbocycles. The van der Waals surface area contributed by atoms with Crippen molar-refractivity contribution in [3.8, 4) is 5.75 Å². The Morgan fingerprint density at radius 1 is 1.12 bits per heavy atom. The fourth-order valence-corrected chi connectivity index (χ4v) is 4.15. The van der Waals surface area contributed by atoms with E-state index in [1.54, 1.807) is 12.0 Å². The first-order valence-electron chi connectivity index (χ1n) is 11.9. The smallest absolute Gasteiger partial charge is 0.494 e. The highest BCUT2D eigenvalue weighted by molar-refractivity contribution is 6.62. The van der Waals surface area contributed by atoms with Gasteiger partial charge in [-0.3, -0.25) is 4.79 Å². The highest BCUT2D eigenvalue weighted by atomic mass is 16.7. The predicted octanol–water partition coefficient (Wildman–Crippen LogP) is 3.00. The quantitative estimate of drug-likeness (QED) is 0.625. The van der Waals surface area contributed by atoms with Crippen LogP contribution in [-0.2, 0) is 25.3 Å². The van der Waals surface area contributed by atoms with Crippen LogP contribution in [0.5, 0.6) is 5.75 Å². The Balaban J connectivity index is 1.70. The molecule has 1 aromatic rings. The number of rotatable bonds is 4. The molecule has 2 amide bonds. The first kappa shape index (κ1) is 26.4. The van der Waals surface area contributed by atoms with E-state index in [4.69, 9.17) is 18.8 Å². The zero-order valence-corrected chi connectivity index (χ0v) is 22.1. The molecule has 0 aliphatic carbocycles. The van der Waals surface area contributed by atoms with Crippen LogP contribution in [0.15, 0.2) is 18.2 Å². The van der Waals surface area contributed by atoms with Crippen LogP contribution in [-0.4, -0.2) is 78.5 Å². The van der Waals surface area contributed by atoms with Crippen LogP contribution in [0.3, 0.4) is 0 Å². The molecule has 2 heterocycles. The number of ether oxygens (including phenoxy) is 2. The highest BCUT2D eigenvalue weighted by Gasteiger charge is 2.51. The molecule has 8 nitrogen and oxygen atoms in total. The van der Waals surface area contributed by atoms with Crippen LogP contribution >= 0.6 is 0 Å². The summed E-state index contributed by atoms with van der Waals surface area (Å²) in [5, 5.41) is 0. The van der Waals surface area contributed by atoms with Gasteiger partial charge >= 0.3 is 13.2 Å². The van der Waals surface area contributed by atoms with Crippen molar-refractivity contribution in [3.05, 3.63) is 23.8 Å². The van der Waals surface area contributed by atoms with Crippen LogP contribution in [0.1, 0.15) is 61.0 Å². The van der Waals surface area contributed by atoms with Crippen molar-refractivity contribution in [3.63, 3.8) is 0 Å². The molecule has 1 atom stereocenters. The molecule has 2 aliphatic heterocycles. The number of hydrogen-bond acceptors (Lipinski definition) is 6. The van der Waals surface area contributed by atoms with Gasteiger partial charge in [0.25, 0.3) is 0 Å². The normalized spacial score (nSPS) is 22.0. The molecule has 0 N–H and O–H groups in total. The molecule has 1 aromatic carbocycles. The zero-order valence-electron chi connectivity index (χ0n) is 22.1. The van der Waals surface area contributed by atoms with Gasteiger partial charge in [-0.25, -0.2) is 4.79 Å². The van der Waals surface area contributed by atoms with E-state index >= 15 is 0 Å². The van der Waals surface area contributed by atoms with Crippen molar-refractivity contribution in [2.45, 2.75) is 84.7 Å². The van der Waals surface area contributed by atoms with Crippen LogP contribution < -0.4 is 10.2 Å². The van der Waals surface area contributed by atoms with E-state index in [1.807, 2.05) is 78.5 Å². The van der Waals surface area contributed by atoms with Crippen molar-refractivity contribution in [2.24, 2.45) is 0 Å². The van der Waals surface area contributed by atoms with E-state index in [2.05, 4.69) is 0 Å². The molecule has 2 aliphatic rings. The number of piperazine rings is 1. The lowest BCUT2D eigenvalue weighted by Crippen LogP contribution is -2.56. The number of hydrogen-bond donors (Lipinski definition) is 0. The van der Waals surface area contributed by atoms with Gasteiger partial charge in [-0.15, -0.1) is 0 Å². The van der Waals surface area contributed by atoms with Gasteiger partial charge in [0.2, 0.25) is 5.91 Å². The summed E-state index contributed by atoms with van der Waals surface area (Å²) >= 11 is 0. The number of benzene rings is 1. The van der Waals surface area contributed by atoms with Gasteiger partial charge in [0, 0.05) is 31.2 Å². The van der Waals surface area contributed by atoms with Crippen molar-refractivity contribution in [2.75, 3.05) is 26.7 Å². The Morgan fingerprint density at radius 3 is 2.26 bits per heavy atom. The molecule has 3 rings (SSSR count). The third kappa shape index (κ3) is 5.69. The minimum absolute atomic E-state index is 0.0132. The van der Waals surface area contributed by atoms with Crippen molar-refractivity contribution < 1.29 is 28.4 Å². The second-order valence-electron chi connectivity index (χ2n) is 11.2. The maximum absolute atomic E-state index is 13.3. The summed E-state index contributed by atoms with van der Waals surface area (Å²) in [6.45, 7) is 16.9. The summed E-state index contributed by atoms with van der Waals surface area (Å²) < 4.78 is 23.4. The molecule has 0 bridgehead atoms. The Morgan fingerprint density at radius 2 is 1.74 bits per heavy atom. The van der Waals surface area contributed by atoms with E-state index in [9.17, 15) is 9.59 Å². The number of nitrogens with zero attached hydrogens (tertiary/aromatic N) is 2. The molecule has 0 unspecified atom stereocenters. The molecule has 2 fully saturated rings. The van der Waals surface area contributed by atoms with E-state index in [0.717, 1.165) is 11.0 Å². The lowest BCUT2D eigenvalue weighted by molar-refractivity contribution is -0.134. The average molecular weight is 474 g/mol. The SMILES string of the molecule is COc1ccc(B2OC(C)(C)C(C)(C)O2)cc1CC(=O)N1CCN(C(=O)OC(C)(C)C)C[C@@H]1C. The van der Waals surface area contributed by atoms with Crippen LogP contribution in [0.25, 0.3) is 0 Å². The van der Waals surface area contributed by atoms with Gasteiger partial charge in [0.15, 0.2) is 0 Å². The highest BCUT2D eigenvalue weighted by Crippen LogP contribution is 2.36. The second-order valence-corrected chi connectivity index (χ2v) is 11.2.